The molecule has 0 rings (SSSR count). The van der Waals surface area contributed by atoms with Crippen LogP contribution in [0, 0.1) is 5.92 Å². The molecule has 0 aromatic heterocycles. The summed E-state index contributed by atoms with van der Waals surface area (Å²) in [6.07, 6.45) is -0.306. The van der Waals surface area contributed by atoms with Crippen LogP contribution in [0.3, 0.4) is 0 Å². The van der Waals surface area contributed by atoms with Crippen molar-refractivity contribution in [1.29, 1.82) is 0 Å². The van der Waals surface area contributed by atoms with Crippen LogP contribution >= 0.6 is 0 Å². The van der Waals surface area contributed by atoms with Gasteiger partial charge < -0.3 is 43.4 Å². The molecule has 0 aliphatic carbocycles. The first kappa shape index (κ1) is 29.6. The normalized spacial score (nSPS) is 14.3. The van der Waals surface area contributed by atoms with Crippen LogP contribution in [0.2, 0.25) is 0 Å². The van der Waals surface area contributed by atoms with Gasteiger partial charge in [-0.2, -0.15) is 0 Å². The number of hydrogen-bond acceptors (Lipinski definition) is 7. The number of hydrogen-bond donors (Lipinski definition) is 8. The quantitative estimate of drug-likeness (QED) is 0.0701. The molecule has 0 saturated heterocycles. The fourth-order valence-electron chi connectivity index (χ4n) is 2.54. The number of nitrogens with one attached hydrogen (secondary N) is 3. The van der Waals surface area contributed by atoms with E-state index in [4.69, 9.17) is 22.3 Å². The van der Waals surface area contributed by atoms with E-state index in [1.807, 2.05) is 0 Å². The van der Waals surface area contributed by atoms with Gasteiger partial charge in [0.15, 0.2) is 5.96 Å². The molecule has 33 heavy (non-hydrogen) atoms. The minimum absolute atomic E-state index is 0.0445. The van der Waals surface area contributed by atoms with Crippen LogP contribution in [0.1, 0.15) is 46.5 Å². The number of nitrogens with zero attached hydrogens (tertiary/aromatic N) is 1. The van der Waals surface area contributed by atoms with Crippen molar-refractivity contribution < 1.29 is 34.2 Å². The average Bonchev–Trinajstić information content (AvgIpc) is 2.71. The van der Waals surface area contributed by atoms with Crippen molar-refractivity contribution in [1.82, 2.24) is 16.0 Å². The van der Waals surface area contributed by atoms with Crippen molar-refractivity contribution in [3.63, 3.8) is 0 Å². The monoisotopic (exact) mass is 473 g/mol. The van der Waals surface area contributed by atoms with E-state index in [9.17, 15) is 29.1 Å². The van der Waals surface area contributed by atoms with E-state index in [1.54, 1.807) is 13.8 Å². The Balaban J connectivity index is 5.07. The molecule has 0 aliphatic heterocycles. The Hall–Kier alpha value is -3.42. The van der Waals surface area contributed by atoms with Crippen molar-refractivity contribution in [2.45, 2.75) is 70.6 Å². The molecule has 0 fully saturated rings. The number of guanidine groups is 1. The predicted molar refractivity (Wildman–Crippen MR) is 119 cm³/mol. The zero-order valence-corrected chi connectivity index (χ0v) is 19.0. The van der Waals surface area contributed by atoms with E-state index in [-0.39, 0.29) is 37.7 Å². The first-order valence-corrected chi connectivity index (χ1v) is 10.4. The highest BCUT2D eigenvalue weighted by Gasteiger charge is 2.29. The summed E-state index contributed by atoms with van der Waals surface area (Å²) in [6.45, 7) is 4.91. The fraction of sp³-hybridized carbons (Fsp3) is 0.684. The molecule has 14 nitrogen and oxygen atoms in total. The Morgan fingerprint density at radius 3 is 1.91 bits per heavy atom. The summed E-state index contributed by atoms with van der Waals surface area (Å²) in [5, 5.41) is 25.3. The Bertz CT molecular complexity index is 738. The lowest BCUT2D eigenvalue weighted by Crippen LogP contribution is -2.56. The summed E-state index contributed by atoms with van der Waals surface area (Å²) in [4.78, 5) is 63.2. The Morgan fingerprint density at radius 2 is 1.42 bits per heavy atom. The van der Waals surface area contributed by atoms with Gasteiger partial charge in [-0.05, 0) is 32.1 Å². The topological polar surface area (TPSA) is 252 Å². The molecule has 0 spiro atoms. The van der Waals surface area contributed by atoms with Crippen LogP contribution in [0.5, 0.6) is 0 Å². The van der Waals surface area contributed by atoms with Crippen molar-refractivity contribution in [3.8, 4) is 0 Å². The van der Waals surface area contributed by atoms with Crippen LogP contribution in [0.25, 0.3) is 0 Å². The predicted octanol–water partition coefficient (Wildman–Crippen LogP) is -2.55. The molecule has 0 aromatic carbocycles. The molecule has 0 aliphatic rings. The van der Waals surface area contributed by atoms with E-state index >= 15 is 0 Å². The molecule has 0 saturated carbocycles. The van der Waals surface area contributed by atoms with Crippen LogP contribution in [0.15, 0.2) is 4.99 Å². The third-order valence-corrected chi connectivity index (χ3v) is 4.61. The fourth-order valence-corrected chi connectivity index (χ4v) is 2.54. The van der Waals surface area contributed by atoms with E-state index in [2.05, 4.69) is 20.9 Å². The number of amides is 3. The number of carbonyl (C=O) groups excluding carboxylic acids is 3. The van der Waals surface area contributed by atoms with Crippen molar-refractivity contribution in [2.24, 2.45) is 28.1 Å². The van der Waals surface area contributed by atoms with Gasteiger partial charge in [0.05, 0.1) is 6.04 Å². The van der Waals surface area contributed by atoms with E-state index in [1.165, 1.54) is 6.92 Å². The molecule has 0 bridgehead atoms. The smallest absolute Gasteiger partial charge is 0.326 e. The van der Waals surface area contributed by atoms with Crippen LogP contribution < -0.4 is 33.2 Å². The molecular weight excluding hydrogens is 438 g/mol. The highest BCUT2D eigenvalue weighted by atomic mass is 16.4. The van der Waals surface area contributed by atoms with Gasteiger partial charge in [0, 0.05) is 13.0 Å². The SMILES string of the molecule is CC(NC(=O)C(CCC(=O)O)NC(=O)C(N)C(C)C)C(=O)NC(CCCN=C(N)N)C(=O)O. The van der Waals surface area contributed by atoms with Gasteiger partial charge in [0.25, 0.3) is 0 Å². The number of rotatable bonds is 15. The van der Waals surface area contributed by atoms with Crippen molar-refractivity contribution in [2.75, 3.05) is 6.54 Å². The lowest BCUT2D eigenvalue weighted by Gasteiger charge is -2.24. The van der Waals surface area contributed by atoms with Gasteiger partial charge in [-0.3, -0.25) is 24.2 Å². The maximum absolute atomic E-state index is 12.6. The summed E-state index contributed by atoms with van der Waals surface area (Å²) in [5.41, 5.74) is 16.2. The second-order valence-corrected chi connectivity index (χ2v) is 7.84. The largest absolute Gasteiger partial charge is 0.481 e. The number of carboxylic acids is 2. The standard InChI is InChI=1S/C19H35N7O7/c1-9(2)14(20)17(31)25-11(6-7-13(27)28)16(30)24-10(3)15(29)26-12(18(32)33)5-4-8-23-19(21)22/h9-12,14H,4-8,20H2,1-3H3,(H,24,30)(H,25,31)(H,26,29)(H,27,28)(H,32,33)(H4,21,22,23). The zero-order valence-electron chi connectivity index (χ0n) is 19.0. The first-order chi connectivity index (χ1) is 15.3. The number of carboxylic acid groups (broad SMARTS) is 2. The number of aliphatic imine (C=N–C) groups is 1. The summed E-state index contributed by atoms with van der Waals surface area (Å²) >= 11 is 0. The lowest BCUT2D eigenvalue weighted by atomic mass is 10.0. The van der Waals surface area contributed by atoms with Crippen LogP contribution in [-0.4, -0.2) is 76.5 Å². The van der Waals surface area contributed by atoms with Gasteiger partial charge in [-0.1, -0.05) is 13.8 Å². The summed E-state index contributed by atoms with van der Waals surface area (Å²) in [6, 6.07) is -4.57. The highest BCUT2D eigenvalue weighted by molar-refractivity contribution is 5.94. The van der Waals surface area contributed by atoms with Gasteiger partial charge in [-0.25, -0.2) is 4.79 Å². The van der Waals surface area contributed by atoms with Gasteiger partial charge in [0.1, 0.15) is 18.1 Å². The average molecular weight is 474 g/mol. The Morgan fingerprint density at radius 1 is 0.848 bits per heavy atom. The van der Waals surface area contributed by atoms with Gasteiger partial charge >= 0.3 is 11.9 Å². The second-order valence-electron chi connectivity index (χ2n) is 7.84. The molecule has 188 valence electrons. The van der Waals surface area contributed by atoms with Crippen LogP contribution in [-0.2, 0) is 24.0 Å². The minimum Gasteiger partial charge on any atom is -0.481 e. The maximum atomic E-state index is 12.6. The van der Waals surface area contributed by atoms with Crippen LogP contribution in [0.4, 0.5) is 0 Å². The third kappa shape index (κ3) is 12.3. The molecule has 11 N–H and O–H groups in total. The van der Waals surface area contributed by atoms with E-state index in [0.29, 0.717) is 0 Å². The molecule has 4 atom stereocenters. The van der Waals surface area contributed by atoms with E-state index in [0.717, 1.165) is 0 Å². The number of aliphatic carboxylic acids is 2. The van der Waals surface area contributed by atoms with Crippen molar-refractivity contribution >= 4 is 35.6 Å². The Kier molecular flexibility index (Phi) is 13.1. The minimum atomic E-state index is -1.28. The highest BCUT2D eigenvalue weighted by Crippen LogP contribution is 2.04. The number of nitrogens with two attached hydrogens (primary N) is 3. The first-order valence-electron chi connectivity index (χ1n) is 10.4. The molecule has 3 amide bonds. The zero-order chi connectivity index (χ0) is 25.7. The molecule has 0 heterocycles. The summed E-state index contributed by atoms with van der Waals surface area (Å²) < 4.78 is 0. The molecule has 4 unspecified atom stereocenters. The van der Waals surface area contributed by atoms with Crippen molar-refractivity contribution in [3.05, 3.63) is 0 Å². The number of carbonyl (C=O) groups is 5. The lowest BCUT2D eigenvalue weighted by molar-refractivity contribution is -0.142. The van der Waals surface area contributed by atoms with Gasteiger partial charge in [-0.15, -0.1) is 0 Å². The second kappa shape index (κ2) is 14.6. The van der Waals surface area contributed by atoms with E-state index < -0.39 is 60.2 Å². The molecule has 0 radical (unpaired) electrons. The molecule has 14 heteroatoms. The third-order valence-electron chi connectivity index (χ3n) is 4.61. The molecule has 0 aromatic rings. The molecular formula is C19H35N7O7. The summed E-state index contributed by atoms with van der Waals surface area (Å²) in [5.74, 6) is -5.03. The Labute approximate surface area is 191 Å². The summed E-state index contributed by atoms with van der Waals surface area (Å²) in [7, 11) is 0. The maximum Gasteiger partial charge on any atom is 0.326 e. The van der Waals surface area contributed by atoms with Gasteiger partial charge in [0.2, 0.25) is 17.7 Å².